The van der Waals surface area contributed by atoms with Crippen LogP contribution in [-0.4, -0.2) is 36.2 Å². The molecule has 1 rings (SSSR count). The van der Waals surface area contributed by atoms with Crippen molar-refractivity contribution in [2.75, 3.05) is 13.2 Å². The quantitative estimate of drug-likeness (QED) is 0.522. The summed E-state index contributed by atoms with van der Waals surface area (Å²) in [6.45, 7) is 2.81. The van der Waals surface area contributed by atoms with E-state index >= 15 is 0 Å². The molecule has 12 heavy (non-hydrogen) atoms. The molecule has 0 saturated carbocycles. The number of nitrogens with one attached hydrogen (secondary N) is 2. The van der Waals surface area contributed by atoms with Gasteiger partial charge >= 0.3 is 0 Å². The zero-order chi connectivity index (χ0) is 8.97. The molecule has 0 bridgehead atoms. The number of carbonyl (C=O) groups is 1. The number of amides is 1. The van der Waals surface area contributed by atoms with Gasteiger partial charge in [-0.1, -0.05) is 0 Å². The summed E-state index contributed by atoms with van der Waals surface area (Å²) in [4.78, 5) is 10.8. The predicted octanol–water partition coefficient (Wildman–Crippen LogP) is -0.765. The third-order valence-corrected chi connectivity index (χ3v) is 2.07. The van der Waals surface area contributed by atoms with Gasteiger partial charge in [0.1, 0.15) is 0 Å². The third kappa shape index (κ3) is 2.79. The Bertz CT molecular complexity index is 161. The van der Waals surface area contributed by atoms with Crippen molar-refractivity contribution < 1.29 is 9.90 Å². The maximum atomic E-state index is 10.8. The summed E-state index contributed by atoms with van der Waals surface area (Å²) in [5.74, 6) is 0.137. The Labute approximate surface area is 72.3 Å². The van der Waals surface area contributed by atoms with E-state index in [1.165, 1.54) is 0 Å². The van der Waals surface area contributed by atoms with E-state index in [-0.39, 0.29) is 24.6 Å². The number of aliphatic hydroxyl groups excluding tert-OH is 1. The van der Waals surface area contributed by atoms with Gasteiger partial charge in [-0.2, -0.15) is 0 Å². The van der Waals surface area contributed by atoms with Crippen LogP contribution < -0.4 is 10.6 Å². The van der Waals surface area contributed by atoms with Crippen molar-refractivity contribution in [1.82, 2.24) is 10.6 Å². The Morgan fingerprint density at radius 2 is 2.58 bits per heavy atom. The average molecular weight is 172 g/mol. The lowest BCUT2D eigenvalue weighted by Crippen LogP contribution is -2.40. The van der Waals surface area contributed by atoms with Crippen LogP contribution in [-0.2, 0) is 4.79 Å². The Morgan fingerprint density at radius 1 is 1.83 bits per heavy atom. The zero-order valence-corrected chi connectivity index (χ0v) is 7.34. The highest BCUT2D eigenvalue weighted by atomic mass is 16.3. The molecule has 1 amide bonds. The molecular weight excluding hydrogens is 156 g/mol. The molecule has 1 aliphatic heterocycles. The van der Waals surface area contributed by atoms with Gasteiger partial charge < -0.3 is 15.7 Å². The number of hydrogen-bond donors (Lipinski definition) is 3. The summed E-state index contributed by atoms with van der Waals surface area (Å²) < 4.78 is 0. The minimum Gasteiger partial charge on any atom is -0.395 e. The summed E-state index contributed by atoms with van der Waals surface area (Å²) in [7, 11) is 0. The molecule has 0 aromatic carbocycles. The van der Waals surface area contributed by atoms with Crippen molar-refractivity contribution in [2.45, 2.75) is 31.8 Å². The normalized spacial score (nSPS) is 25.5. The van der Waals surface area contributed by atoms with Crippen molar-refractivity contribution in [3.05, 3.63) is 0 Å². The first kappa shape index (κ1) is 9.48. The van der Waals surface area contributed by atoms with E-state index in [1.807, 2.05) is 6.92 Å². The first-order chi connectivity index (χ1) is 5.72. The van der Waals surface area contributed by atoms with Crippen molar-refractivity contribution in [3.8, 4) is 0 Å². The van der Waals surface area contributed by atoms with Crippen molar-refractivity contribution >= 4 is 5.91 Å². The zero-order valence-electron chi connectivity index (χ0n) is 7.34. The molecule has 70 valence electrons. The molecule has 0 radical (unpaired) electrons. The molecule has 4 nitrogen and oxygen atoms in total. The first-order valence-corrected chi connectivity index (χ1v) is 4.36. The summed E-state index contributed by atoms with van der Waals surface area (Å²) >= 11 is 0. The molecule has 3 N–H and O–H groups in total. The van der Waals surface area contributed by atoms with Crippen LogP contribution in [0.3, 0.4) is 0 Å². The lowest BCUT2D eigenvalue weighted by molar-refractivity contribution is -0.119. The van der Waals surface area contributed by atoms with Crippen LogP contribution >= 0.6 is 0 Å². The second-order valence-corrected chi connectivity index (χ2v) is 3.29. The number of hydrogen-bond acceptors (Lipinski definition) is 3. The molecule has 0 aliphatic carbocycles. The Hall–Kier alpha value is -0.610. The summed E-state index contributed by atoms with van der Waals surface area (Å²) in [6, 6.07) is 0.369. The van der Waals surface area contributed by atoms with E-state index in [0.29, 0.717) is 6.42 Å². The van der Waals surface area contributed by atoms with Crippen LogP contribution in [0.5, 0.6) is 0 Å². The summed E-state index contributed by atoms with van der Waals surface area (Å²) in [5, 5.41) is 14.7. The van der Waals surface area contributed by atoms with Crippen LogP contribution in [0.15, 0.2) is 0 Å². The molecule has 1 aliphatic rings. The van der Waals surface area contributed by atoms with Crippen LogP contribution in [0.4, 0.5) is 0 Å². The summed E-state index contributed by atoms with van der Waals surface area (Å²) in [6.07, 6.45) is 1.55. The van der Waals surface area contributed by atoms with E-state index in [9.17, 15) is 4.79 Å². The molecule has 2 atom stereocenters. The second kappa shape index (κ2) is 4.42. The largest absolute Gasteiger partial charge is 0.395 e. The lowest BCUT2D eigenvalue weighted by atomic mass is 10.2. The molecule has 2 unspecified atom stereocenters. The topological polar surface area (TPSA) is 61.4 Å². The van der Waals surface area contributed by atoms with Crippen LogP contribution in [0.1, 0.15) is 19.8 Å². The van der Waals surface area contributed by atoms with E-state index < -0.39 is 0 Å². The Kier molecular flexibility index (Phi) is 3.49. The first-order valence-electron chi connectivity index (χ1n) is 4.36. The lowest BCUT2D eigenvalue weighted by Gasteiger charge is -2.14. The Morgan fingerprint density at radius 3 is 3.08 bits per heavy atom. The molecule has 4 heteroatoms. The van der Waals surface area contributed by atoms with Gasteiger partial charge in [-0.3, -0.25) is 4.79 Å². The van der Waals surface area contributed by atoms with Crippen molar-refractivity contribution in [3.63, 3.8) is 0 Å². The fourth-order valence-corrected chi connectivity index (χ4v) is 1.24. The molecule has 0 spiro atoms. The van der Waals surface area contributed by atoms with Gasteiger partial charge in [0.15, 0.2) is 0 Å². The van der Waals surface area contributed by atoms with Crippen LogP contribution in [0.2, 0.25) is 0 Å². The molecule has 0 aromatic rings. The van der Waals surface area contributed by atoms with Crippen LogP contribution in [0.25, 0.3) is 0 Å². The van der Waals surface area contributed by atoms with E-state index in [2.05, 4.69) is 10.6 Å². The number of carbonyl (C=O) groups excluding carboxylic acids is 1. The fourth-order valence-electron chi connectivity index (χ4n) is 1.24. The molecule has 1 heterocycles. The van der Waals surface area contributed by atoms with E-state index in [4.69, 9.17) is 5.11 Å². The summed E-state index contributed by atoms with van der Waals surface area (Å²) in [5.41, 5.74) is 0. The SMILES string of the molecule is CC(CO)NCC1CCC(=O)N1. The van der Waals surface area contributed by atoms with E-state index in [1.54, 1.807) is 0 Å². The predicted molar refractivity (Wildman–Crippen MR) is 45.7 cm³/mol. The number of rotatable bonds is 4. The second-order valence-electron chi connectivity index (χ2n) is 3.29. The minimum atomic E-state index is 0.113. The van der Waals surface area contributed by atoms with Crippen molar-refractivity contribution in [1.29, 1.82) is 0 Å². The van der Waals surface area contributed by atoms with Crippen LogP contribution in [0, 0.1) is 0 Å². The third-order valence-electron chi connectivity index (χ3n) is 2.07. The van der Waals surface area contributed by atoms with Gasteiger partial charge in [0.05, 0.1) is 6.61 Å². The maximum absolute atomic E-state index is 10.8. The van der Waals surface area contributed by atoms with Gasteiger partial charge in [0.2, 0.25) is 5.91 Å². The maximum Gasteiger partial charge on any atom is 0.220 e. The molecule has 0 aromatic heterocycles. The number of aliphatic hydroxyl groups is 1. The highest BCUT2D eigenvalue weighted by Gasteiger charge is 2.20. The Balaban J connectivity index is 2.11. The van der Waals surface area contributed by atoms with E-state index in [0.717, 1.165) is 13.0 Å². The minimum absolute atomic E-state index is 0.113. The molecule has 1 saturated heterocycles. The van der Waals surface area contributed by atoms with Gasteiger partial charge in [-0.15, -0.1) is 0 Å². The van der Waals surface area contributed by atoms with Gasteiger partial charge in [-0.05, 0) is 13.3 Å². The molecular formula is C8H16N2O2. The molecule has 1 fully saturated rings. The highest BCUT2D eigenvalue weighted by molar-refractivity contribution is 5.78. The van der Waals surface area contributed by atoms with Crippen molar-refractivity contribution in [2.24, 2.45) is 0 Å². The van der Waals surface area contributed by atoms with Gasteiger partial charge in [0, 0.05) is 25.0 Å². The standard InChI is InChI=1S/C8H16N2O2/c1-6(5-11)9-4-7-2-3-8(12)10-7/h6-7,9,11H,2-5H2,1H3,(H,10,12). The fraction of sp³-hybridized carbons (Fsp3) is 0.875. The smallest absolute Gasteiger partial charge is 0.220 e. The van der Waals surface area contributed by atoms with Gasteiger partial charge in [0.25, 0.3) is 0 Å². The average Bonchev–Trinajstić information content (AvgIpc) is 2.47. The monoisotopic (exact) mass is 172 g/mol. The van der Waals surface area contributed by atoms with Gasteiger partial charge in [-0.25, -0.2) is 0 Å². The highest BCUT2D eigenvalue weighted by Crippen LogP contribution is 2.04.